The van der Waals surface area contributed by atoms with E-state index in [0.717, 1.165) is 25.0 Å². The fraction of sp³-hybridized carbons (Fsp3) is 0.667. The fourth-order valence-electron chi connectivity index (χ4n) is 2.10. The Balaban J connectivity index is 0.00000180. The van der Waals surface area contributed by atoms with Crippen LogP contribution in [-0.2, 0) is 23.0 Å². The molecule has 6 nitrogen and oxygen atoms in total. The average molecular weight is 289 g/mol. The van der Waals surface area contributed by atoms with Crippen molar-refractivity contribution in [2.75, 3.05) is 11.9 Å². The van der Waals surface area contributed by atoms with Crippen LogP contribution in [0.3, 0.4) is 0 Å². The average Bonchev–Trinajstić information content (AvgIpc) is 2.96. The van der Waals surface area contributed by atoms with Crippen LogP contribution in [-0.4, -0.2) is 34.4 Å². The monoisotopic (exact) mass is 288 g/mol. The zero-order valence-corrected chi connectivity index (χ0v) is 12.1. The second-order valence-electron chi connectivity index (χ2n) is 4.55. The topological polar surface area (TPSA) is 82.2 Å². The Labute approximate surface area is 119 Å². The SMILES string of the molecule is CCc1cc(NC(=O)[C@@H]2CC[C@H](CN)O2)n(C)n1.Cl. The highest BCUT2D eigenvalue weighted by atomic mass is 35.5. The molecule has 2 atom stereocenters. The van der Waals surface area contributed by atoms with Crippen LogP contribution in [0.4, 0.5) is 5.82 Å². The first kappa shape index (κ1) is 15.9. The largest absolute Gasteiger partial charge is 0.364 e. The van der Waals surface area contributed by atoms with Gasteiger partial charge in [0.05, 0.1) is 11.8 Å². The number of hydrogen-bond acceptors (Lipinski definition) is 4. The summed E-state index contributed by atoms with van der Waals surface area (Å²) >= 11 is 0. The molecule has 3 N–H and O–H groups in total. The number of aryl methyl sites for hydroxylation is 2. The molecule has 1 aliphatic rings. The van der Waals surface area contributed by atoms with E-state index >= 15 is 0 Å². The second-order valence-corrected chi connectivity index (χ2v) is 4.55. The molecule has 1 aromatic heterocycles. The summed E-state index contributed by atoms with van der Waals surface area (Å²) in [4.78, 5) is 12.0. The number of nitrogens with one attached hydrogen (secondary N) is 1. The molecule has 1 fully saturated rings. The van der Waals surface area contributed by atoms with Crippen LogP contribution in [0.15, 0.2) is 6.07 Å². The van der Waals surface area contributed by atoms with Gasteiger partial charge in [-0.15, -0.1) is 12.4 Å². The van der Waals surface area contributed by atoms with Crippen molar-refractivity contribution in [2.45, 2.75) is 38.4 Å². The maximum Gasteiger partial charge on any atom is 0.254 e. The van der Waals surface area contributed by atoms with Gasteiger partial charge in [0.1, 0.15) is 11.9 Å². The molecule has 0 unspecified atom stereocenters. The van der Waals surface area contributed by atoms with Gasteiger partial charge in [0, 0.05) is 19.7 Å². The van der Waals surface area contributed by atoms with Crippen LogP contribution in [0.1, 0.15) is 25.5 Å². The third-order valence-electron chi connectivity index (χ3n) is 3.21. The van der Waals surface area contributed by atoms with Crippen LogP contribution in [0.25, 0.3) is 0 Å². The summed E-state index contributed by atoms with van der Waals surface area (Å²) in [5.41, 5.74) is 6.48. The highest BCUT2D eigenvalue weighted by Crippen LogP contribution is 2.20. The van der Waals surface area contributed by atoms with Crippen molar-refractivity contribution in [2.24, 2.45) is 12.8 Å². The first-order chi connectivity index (χ1) is 8.63. The van der Waals surface area contributed by atoms with E-state index in [2.05, 4.69) is 10.4 Å². The highest BCUT2D eigenvalue weighted by molar-refractivity contribution is 5.93. The van der Waals surface area contributed by atoms with Crippen molar-refractivity contribution < 1.29 is 9.53 Å². The van der Waals surface area contributed by atoms with Gasteiger partial charge in [-0.25, -0.2) is 0 Å². The van der Waals surface area contributed by atoms with E-state index in [4.69, 9.17) is 10.5 Å². The second kappa shape index (κ2) is 6.88. The summed E-state index contributed by atoms with van der Waals surface area (Å²) in [6, 6.07) is 1.88. The molecule has 0 bridgehead atoms. The van der Waals surface area contributed by atoms with Crippen LogP contribution in [0, 0.1) is 0 Å². The first-order valence-electron chi connectivity index (χ1n) is 6.33. The zero-order valence-electron chi connectivity index (χ0n) is 11.3. The van der Waals surface area contributed by atoms with Crippen molar-refractivity contribution in [3.63, 3.8) is 0 Å². The molecule has 0 saturated carbocycles. The molecular formula is C12H21ClN4O2. The molecule has 7 heteroatoms. The summed E-state index contributed by atoms with van der Waals surface area (Å²) < 4.78 is 7.22. The third-order valence-corrected chi connectivity index (χ3v) is 3.21. The van der Waals surface area contributed by atoms with E-state index < -0.39 is 6.10 Å². The number of aromatic nitrogens is 2. The van der Waals surface area contributed by atoms with Gasteiger partial charge in [-0.2, -0.15) is 5.10 Å². The zero-order chi connectivity index (χ0) is 13.1. The molecule has 2 rings (SSSR count). The van der Waals surface area contributed by atoms with Crippen LogP contribution < -0.4 is 11.1 Å². The van der Waals surface area contributed by atoms with E-state index in [1.807, 2.05) is 20.0 Å². The Morgan fingerprint density at radius 1 is 1.63 bits per heavy atom. The lowest BCUT2D eigenvalue weighted by molar-refractivity contribution is -0.126. The van der Waals surface area contributed by atoms with Gasteiger partial charge in [-0.3, -0.25) is 9.48 Å². The molecule has 0 aliphatic carbocycles. The number of amides is 1. The minimum atomic E-state index is -0.390. The minimum absolute atomic E-state index is 0. The lowest BCUT2D eigenvalue weighted by atomic mass is 10.2. The Bertz CT molecular complexity index is 435. The molecule has 0 spiro atoms. The molecule has 1 aliphatic heterocycles. The number of nitrogens with zero attached hydrogens (tertiary/aromatic N) is 2. The number of ether oxygens (including phenoxy) is 1. The summed E-state index contributed by atoms with van der Waals surface area (Å²) in [5.74, 6) is 0.591. The standard InChI is InChI=1S/C12H20N4O2.ClH/c1-3-8-6-11(16(2)15-8)14-12(17)10-5-4-9(7-13)18-10;/h6,9-10H,3-5,7,13H2,1-2H3,(H,14,17);1H/t9-,10+;/m1./s1. The molecule has 0 radical (unpaired) electrons. The van der Waals surface area contributed by atoms with Gasteiger partial charge in [-0.1, -0.05) is 6.92 Å². The van der Waals surface area contributed by atoms with E-state index in [1.165, 1.54) is 0 Å². The number of carbonyl (C=O) groups is 1. The Hall–Kier alpha value is -1.11. The van der Waals surface area contributed by atoms with Crippen LogP contribution in [0.2, 0.25) is 0 Å². The summed E-state index contributed by atoms with van der Waals surface area (Å²) in [6.45, 7) is 2.50. The highest BCUT2D eigenvalue weighted by Gasteiger charge is 2.30. The van der Waals surface area contributed by atoms with Gasteiger partial charge in [0.15, 0.2) is 0 Å². The molecule has 1 saturated heterocycles. The molecule has 1 aromatic rings. The summed E-state index contributed by atoms with van der Waals surface area (Å²) in [6.07, 6.45) is 2.04. The number of anilines is 1. The molecule has 108 valence electrons. The van der Waals surface area contributed by atoms with Crippen molar-refractivity contribution in [1.29, 1.82) is 0 Å². The summed E-state index contributed by atoms with van der Waals surface area (Å²) in [7, 11) is 1.81. The Kier molecular flexibility index (Phi) is 5.78. The number of hydrogen-bond donors (Lipinski definition) is 2. The van der Waals surface area contributed by atoms with Crippen LogP contribution >= 0.6 is 12.4 Å². The molecule has 0 aromatic carbocycles. The predicted octanol–water partition coefficient (Wildman–Crippen LogP) is 0.849. The van der Waals surface area contributed by atoms with E-state index in [1.54, 1.807) is 4.68 Å². The maximum atomic E-state index is 12.0. The molecule has 1 amide bonds. The summed E-state index contributed by atoms with van der Waals surface area (Å²) in [5, 5.41) is 7.13. The number of halogens is 1. The Morgan fingerprint density at radius 3 is 2.89 bits per heavy atom. The molecule has 19 heavy (non-hydrogen) atoms. The predicted molar refractivity (Wildman–Crippen MR) is 75.4 cm³/mol. The van der Waals surface area contributed by atoms with Crippen molar-refractivity contribution in [1.82, 2.24) is 9.78 Å². The maximum absolute atomic E-state index is 12.0. The molecule has 2 heterocycles. The van der Waals surface area contributed by atoms with Gasteiger partial charge in [0.25, 0.3) is 5.91 Å². The third kappa shape index (κ3) is 3.68. The minimum Gasteiger partial charge on any atom is -0.364 e. The van der Waals surface area contributed by atoms with Crippen molar-refractivity contribution in [3.05, 3.63) is 11.8 Å². The smallest absolute Gasteiger partial charge is 0.254 e. The van der Waals surface area contributed by atoms with Crippen molar-refractivity contribution >= 4 is 24.1 Å². The van der Waals surface area contributed by atoms with Crippen LogP contribution in [0.5, 0.6) is 0 Å². The Morgan fingerprint density at radius 2 is 2.37 bits per heavy atom. The number of rotatable bonds is 4. The first-order valence-corrected chi connectivity index (χ1v) is 6.33. The van der Waals surface area contributed by atoms with Gasteiger partial charge in [0.2, 0.25) is 0 Å². The van der Waals surface area contributed by atoms with E-state index in [0.29, 0.717) is 12.4 Å². The number of carbonyl (C=O) groups excluding carboxylic acids is 1. The normalized spacial score (nSPS) is 22.1. The fourth-order valence-corrected chi connectivity index (χ4v) is 2.10. The molecular weight excluding hydrogens is 268 g/mol. The van der Waals surface area contributed by atoms with Gasteiger partial charge >= 0.3 is 0 Å². The van der Waals surface area contributed by atoms with E-state index in [9.17, 15) is 4.79 Å². The lowest BCUT2D eigenvalue weighted by Gasteiger charge is -2.12. The van der Waals surface area contributed by atoms with Gasteiger partial charge in [-0.05, 0) is 19.3 Å². The van der Waals surface area contributed by atoms with Crippen molar-refractivity contribution in [3.8, 4) is 0 Å². The van der Waals surface area contributed by atoms with Gasteiger partial charge < -0.3 is 15.8 Å². The lowest BCUT2D eigenvalue weighted by Crippen LogP contribution is -2.30. The van der Waals surface area contributed by atoms with E-state index in [-0.39, 0.29) is 24.4 Å². The number of nitrogens with two attached hydrogens (primary N) is 1. The quantitative estimate of drug-likeness (QED) is 0.860.